The first kappa shape index (κ1) is 27.3. The lowest BCUT2D eigenvalue weighted by Crippen LogP contribution is -2.39. The van der Waals surface area contributed by atoms with E-state index in [9.17, 15) is 23.6 Å². The number of aromatic nitrogens is 1. The van der Waals surface area contributed by atoms with Gasteiger partial charge in [0.15, 0.2) is 0 Å². The molecule has 200 valence electrons. The third-order valence-electron chi connectivity index (χ3n) is 6.90. The summed E-state index contributed by atoms with van der Waals surface area (Å²) in [6.45, 7) is 1.06. The van der Waals surface area contributed by atoms with Crippen LogP contribution < -0.4 is 0 Å². The Hall–Kier alpha value is -3.72. The number of hydrogen-bond donors (Lipinski definition) is 0. The number of Topliss-reactive ketones (excluding diaryl/α,β-unsaturated/α-hetero) is 1. The standard InChI is InChI=1S/C28H30ClFN4O4/c1-31(2)27(37)25(35)22-16-34(28(38)32(3)4)24-15-23(29)21(14-20(22)24)26(36)33-11-9-18(10-12-33)13-17-5-7-19(30)8-6-17/h5-8,14-16,18H,9-13H2,1-4H3. The molecule has 4 rings (SSSR count). The summed E-state index contributed by atoms with van der Waals surface area (Å²) >= 11 is 6.55. The van der Waals surface area contributed by atoms with Gasteiger partial charge in [-0.05, 0) is 55.0 Å². The Morgan fingerprint density at radius 3 is 2.16 bits per heavy atom. The highest BCUT2D eigenvalue weighted by atomic mass is 35.5. The molecule has 8 nitrogen and oxygen atoms in total. The SMILES string of the molecule is CN(C)C(=O)C(=O)c1cn(C(=O)N(C)C)c2cc(Cl)c(C(=O)N3CCC(Cc4ccc(F)cc4)CC3)cc12. The Morgan fingerprint density at radius 2 is 1.58 bits per heavy atom. The molecule has 1 aromatic heterocycles. The van der Waals surface area contributed by atoms with Gasteiger partial charge in [-0.2, -0.15) is 0 Å². The third-order valence-corrected chi connectivity index (χ3v) is 7.21. The van der Waals surface area contributed by atoms with E-state index in [2.05, 4.69) is 0 Å². The first-order valence-electron chi connectivity index (χ1n) is 12.3. The molecular weight excluding hydrogens is 511 g/mol. The fourth-order valence-corrected chi connectivity index (χ4v) is 4.99. The maximum Gasteiger partial charge on any atom is 0.328 e. The molecule has 0 spiro atoms. The lowest BCUT2D eigenvalue weighted by Gasteiger charge is -2.32. The number of carbonyl (C=O) groups is 4. The zero-order chi connectivity index (χ0) is 27.7. The maximum absolute atomic E-state index is 13.5. The van der Waals surface area contributed by atoms with Crippen molar-refractivity contribution in [2.75, 3.05) is 41.3 Å². The molecule has 38 heavy (non-hydrogen) atoms. The fraction of sp³-hybridized carbons (Fsp3) is 0.357. The molecule has 2 aromatic carbocycles. The minimum atomic E-state index is -0.785. The van der Waals surface area contributed by atoms with Crippen LogP contribution in [0, 0.1) is 11.7 Å². The van der Waals surface area contributed by atoms with Crippen LogP contribution in [0.3, 0.4) is 0 Å². The van der Waals surface area contributed by atoms with E-state index < -0.39 is 17.7 Å². The largest absolute Gasteiger partial charge is 0.342 e. The van der Waals surface area contributed by atoms with Crippen LogP contribution in [0.5, 0.6) is 0 Å². The highest BCUT2D eigenvalue weighted by molar-refractivity contribution is 6.45. The average Bonchev–Trinajstić information content (AvgIpc) is 3.26. The number of rotatable bonds is 5. The molecule has 1 saturated heterocycles. The molecule has 0 unspecified atom stereocenters. The van der Waals surface area contributed by atoms with Crippen LogP contribution in [0.4, 0.5) is 9.18 Å². The van der Waals surface area contributed by atoms with Crippen molar-refractivity contribution < 1.29 is 23.6 Å². The first-order chi connectivity index (χ1) is 18.0. The number of halogens is 2. The summed E-state index contributed by atoms with van der Waals surface area (Å²) in [6, 6.07) is 9.05. The van der Waals surface area contributed by atoms with E-state index in [1.165, 1.54) is 54.0 Å². The van der Waals surface area contributed by atoms with E-state index in [0.29, 0.717) is 29.9 Å². The summed E-state index contributed by atoms with van der Waals surface area (Å²) in [7, 11) is 6.07. The van der Waals surface area contributed by atoms with E-state index in [-0.39, 0.29) is 27.9 Å². The van der Waals surface area contributed by atoms with Gasteiger partial charge in [0.2, 0.25) is 0 Å². The molecular formula is C28H30ClFN4O4. The highest BCUT2D eigenvalue weighted by Crippen LogP contribution is 2.31. The predicted molar refractivity (Wildman–Crippen MR) is 143 cm³/mol. The van der Waals surface area contributed by atoms with Gasteiger partial charge >= 0.3 is 6.03 Å². The predicted octanol–water partition coefficient (Wildman–Crippen LogP) is 4.33. The van der Waals surface area contributed by atoms with Crippen molar-refractivity contribution in [1.29, 1.82) is 0 Å². The minimum absolute atomic E-state index is 0.0256. The lowest BCUT2D eigenvalue weighted by molar-refractivity contribution is -0.124. The number of amides is 3. The number of ketones is 1. The number of fused-ring (bicyclic) bond motifs is 1. The zero-order valence-electron chi connectivity index (χ0n) is 21.8. The summed E-state index contributed by atoms with van der Waals surface area (Å²) < 4.78 is 14.5. The summed E-state index contributed by atoms with van der Waals surface area (Å²) in [4.78, 5) is 56.0. The average molecular weight is 541 g/mol. The second-order valence-corrected chi connectivity index (χ2v) is 10.4. The van der Waals surface area contributed by atoms with Crippen LogP contribution in [0.2, 0.25) is 5.02 Å². The van der Waals surface area contributed by atoms with Gasteiger partial charge in [0, 0.05) is 52.9 Å². The minimum Gasteiger partial charge on any atom is -0.342 e. The molecule has 0 bridgehead atoms. The summed E-state index contributed by atoms with van der Waals surface area (Å²) in [5, 5.41) is 0.458. The van der Waals surface area contributed by atoms with Crippen LogP contribution in [0.15, 0.2) is 42.6 Å². The van der Waals surface area contributed by atoms with Gasteiger partial charge in [-0.15, -0.1) is 0 Å². The molecule has 10 heteroatoms. The van der Waals surface area contributed by atoms with Crippen molar-refractivity contribution in [3.8, 4) is 0 Å². The first-order valence-corrected chi connectivity index (χ1v) is 12.7. The highest BCUT2D eigenvalue weighted by Gasteiger charge is 2.29. The number of nitrogens with zero attached hydrogens (tertiary/aromatic N) is 4. The van der Waals surface area contributed by atoms with Gasteiger partial charge in [-0.25, -0.2) is 9.18 Å². The molecule has 0 aliphatic carbocycles. The molecule has 0 atom stereocenters. The fourth-order valence-electron chi connectivity index (χ4n) is 4.75. The van der Waals surface area contributed by atoms with Gasteiger partial charge in [-0.3, -0.25) is 19.0 Å². The van der Waals surface area contributed by atoms with E-state index in [1.807, 2.05) is 0 Å². The summed E-state index contributed by atoms with van der Waals surface area (Å²) in [5.74, 6) is -1.70. The molecule has 2 heterocycles. The molecule has 0 radical (unpaired) electrons. The number of benzene rings is 2. The maximum atomic E-state index is 13.5. The monoisotopic (exact) mass is 540 g/mol. The molecule has 1 aliphatic heterocycles. The van der Waals surface area contributed by atoms with Crippen molar-refractivity contribution in [2.24, 2.45) is 5.92 Å². The number of hydrogen-bond acceptors (Lipinski definition) is 4. The quantitative estimate of drug-likeness (QED) is 0.356. The Labute approximate surface area is 225 Å². The van der Waals surface area contributed by atoms with E-state index >= 15 is 0 Å². The van der Waals surface area contributed by atoms with Crippen molar-refractivity contribution in [1.82, 2.24) is 19.3 Å². The Bertz CT molecular complexity index is 1410. The summed E-state index contributed by atoms with van der Waals surface area (Å²) in [5.41, 5.74) is 1.62. The molecule has 1 fully saturated rings. The van der Waals surface area contributed by atoms with Crippen LogP contribution in [-0.4, -0.2) is 84.2 Å². The van der Waals surface area contributed by atoms with Crippen LogP contribution in [0.25, 0.3) is 10.9 Å². The number of likely N-dealkylation sites (N-methyl/N-ethyl adjacent to an activating group) is 1. The van der Waals surface area contributed by atoms with Gasteiger partial charge in [0.05, 0.1) is 21.7 Å². The van der Waals surface area contributed by atoms with Crippen molar-refractivity contribution in [3.63, 3.8) is 0 Å². The number of likely N-dealkylation sites (tertiary alicyclic amines) is 1. The second-order valence-electron chi connectivity index (χ2n) is 10.0. The van der Waals surface area contributed by atoms with Crippen molar-refractivity contribution in [3.05, 3.63) is 70.1 Å². The lowest BCUT2D eigenvalue weighted by atomic mass is 9.90. The summed E-state index contributed by atoms with van der Waals surface area (Å²) in [6.07, 6.45) is 3.71. The van der Waals surface area contributed by atoms with Gasteiger partial charge in [0.1, 0.15) is 5.82 Å². The number of piperidine rings is 1. The van der Waals surface area contributed by atoms with Crippen molar-refractivity contribution in [2.45, 2.75) is 19.3 Å². The van der Waals surface area contributed by atoms with E-state index in [4.69, 9.17) is 11.6 Å². The zero-order valence-corrected chi connectivity index (χ0v) is 22.6. The van der Waals surface area contributed by atoms with Crippen molar-refractivity contribution >= 4 is 46.1 Å². The van der Waals surface area contributed by atoms with E-state index in [0.717, 1.165) is 29.7 Å². The van der Waals surface area contributed by atoms with Gasteiger partial charge in [0.25, 0.3) is 17.6 Å². The number of carbonyl (C=O) groups excluding carboxylic acids is 4. The topological polar surface area (TPSA) is 82.9 Å². The van der Waals surface area contributed by atoms with Crippen LogP contribution in [0.1, 0.15) is 39.1 Å². The second kappa shape index (κ2) is 10.9. The van der Waals surface area contributed by atoms with Crippen LogP contribution in [-0.2, 0) is 11.2 Å². The Balaban J connectivity index is 1.61. The molecule has 3 amide bonds. The smallest absolute Gasteiger partial charge is 0.328 e. The molecule has 0 saturated carbocycles. The molecule has 0 N–H and O–H groups in total. The van der Waals surface area contributed by atoms with Gasteiger partial charge in [-0.1, -0.05) is 23.7 Å². The van der Waals surface area contributed by atoms with Crippen LogP contribution >= 0.6 is 11.6 Å². The molecule has 3 aromatic rings. The Morgan fingerprint density at radius 1 is 0.947 bits per heavy atom. The molecule has 1 aliphatic rings. The normalized spacial score (nSPS) is 14.0. The van der Waals surface area contributed by atoms with E-state index in [1.54, 1.807) is 31.1 Å². The Kier molecular flexibility index (Phi) is 7.87. The van der Waals surface area contributed by atoms with Gasteiger partial charge < -0.3 is 14.7 Å². The third kappa shape index (κ3) is 5.43.